The summed E-state index contributed by atoms with van der Waals surface area (Å²) < 4.78 is 5.54. The molecule has 0 aliphatic carbocycles. The van der Waals surface area contributed by atoms with Gasteiger partial charge in [-0.25, -0.2) is 4.98 Å². The number of benzene rings is 1. The van der Waals surface area contributed by atoms with Crippen molar-refractivity contribution in [1.82, 2.24) is 9.97 Å². The SMILES string of the molecule is Cc1nc2ccc(OCCCN)cc2[nH]1. The molecular weight excluding hydrogens is 190 g/mol. The lowest BCUT2D eigenvalue weighted by Gasteiger charge is -2.04. The van der Waals surface area contributed by atoms with Crippen LogP contribution in [-0.2, 0) is 0 Å². The summed E-state index contributed by atoms with van der Waals surface area (Å²) in [7, 11) is 0. The van der Waals surface area contributed by atoms with Crippen molar-refractivity contribution in [1.29, 1.82) is 0 Å². The molecule has 2 rings (SSSR count). The molecule has 2 aromatic rings. The van der Waals surface area contributed by atoms with Crippen LogP contribution in [0.15, 0.2) is 18.2 Å². The van der Waals surface area contributed by atoms with E-state index in [1.54, 1.807) is 0 Å². The highest BCUT2D eigenvalue weighted by atomic mass is 16.5. The zero-order chi connectivity index (χ0) is 10.7. The third-order valence-electron chi connectivity index (χ3n) is 2.19. The Morgan fingerprint density at radius 1 is 1.47 bits per heavy atom. The Balaban J connectivity index is 2.15. The summed E-state index contributed by atoms with van der Waals surface area (Å²) in [4.78, 5) is 7.49. The Morgan fingerprint density at radius 3 is 3.13 bits per heavy atom. The van der Waals surface area contributed by atoms with Gasteiger partial charge >= 0.3 is 0 Å². The van der Waals surface area contributed by atoms with Crippen molar-refractivity contribution >= 4 is 11.0 Å². The second-order valence-electron chi connectivity index (χ2n) is 3.49. The fourth-order valence-electron chi connectivity index (χ4n) is 1.48. The molecule has 0 aliphatic heterocycles. The summed E-state index contributed by atoms with van der Waals surface area (Å²) >= 11 is 0. The molecule has 0 atom stereocenters. The van der Waals surface area contributed by atoms with Crippen molar-refractivity contribution in [2.24, 2.45) is 5.73 Å². The zero-order valence-corrected chi connectivity index (χ0v) is 8.79. The van der Waals surface area contributed by atoms with Gasteiger partial charge in [0.25, 0.3) is 0 Å². The topological polar surface area (TPSA) is 63.9 Å². The molecule has 15 heavy (non-hydrogen) atoms. The predicted molar refractivity (Wildman–Crippen MR) is 60.0 cm³/mol. The van der Waals surface area contributed by atoms with E-state index in [4.69, 9.17) is 10.5 Å². The van der Waals surface area contributed by atoms with Crippen molar-refractivity contribution in [2.45, 2.75) is 13.3 Å². The fourth-order valence-corrected chi connectivity index (χ4v) is 1.48. The van der Waals surface area contributed by atoms with E-state index in [1.807, 2.05) is 25.1 Å². The van der Waals surface area contributed by atoms with E-state index in [2.05, 4.69) is 9.97 Å². The van der Waals surface area contributed by atoms with Gasteiger partial charge in [0.05, 0.1) is 17.6 Å². The van der Waals surface area contributed by atoms with E-state index < -0.39 is 0 Å². The van der Waals surface area contributed by atoms with Gasteiger partial charge in [0, 0.05) is 6.07 Å². The molecule has 3 N–H and O–H groups in total. The molecule has 0 spiro atoms. The maximum atomic E-state index is 5.54. The molecule has 0 bridgehead atoms. The molecule has 0 saturated carbocycles. The average molecular weight is 205 g/mol. The predicted octanol–water partition coefficient (Wildman–Crippen LogP) is 1.60. The van der Waals surface area contributed by atoms with Gasteiger partial charge < -0.3 is 15.5 Å². The molecule has 1 heterocycles. The first-order valence-electron chi connectivity index (χ1n) is 5.09. The highest BCUT2D eigenvalue weighted by molar-refractivity contribution is 5.76. The van der Waals surface area contributed by atoms with Crippen LogP contribution in [-0.4, -0.2) is 23.1 Å². The van der Waals surface area contributed by atoms with Crippen LogP contribution in [0.1, 0.15) is 12.2 Å². The van der Waals surface area contributed by atoms with E-state index >= 15 is 0 Å². The largest absolute Gasteiger partial charge is 0.493 e. The monoisotopic (exact) mass is 205 g/mol. The molecule has 0 amide bonds. The number of hydrogen-bond donors (Lipinski definition) is 2. The number of nitrogens with two attached hydrogens (primary N) is 1. The van der Waals surface area contributed by atoms with Crippen LogP contribution in [0, 0.1) is 6.92 Å². The number of ether oxygens (including phenoxy) is 1. The van der Waals surface area contributed by atoms with E-state index in [0.29, 0.717) is 13.2 Å². The second kappa shape index (κ2) is 4.31. The Morgan fingerprint density at radius 2 is 2.33 bits per heavy atom. The molecule has 1 aromatic carbocycles. The molecule has 0 radical (unpaired) electrons. The molecule has 0 saturated heterocycles. The Labute approximate surface area is 88.5 Å². The van der Waals surface area contributed by atoms with Crippen LogP contribution < -0.4 is 10.5 Å². The lowest BCUT2D eigenvalue weighted by Crippen LogP contribution is -2.05. The summed E-state index contributed by atoms with van der Waals surface area (Å²) in [6, 6.07) is 5.85. The molecule has 0 fully saturated rings. The first-order valence-corrected chi connectivity index (χ1v) is 5.09. The first kappa shape index (κ1) is 9.98. The number of nitrogens with zero attached hydrogens (tertiary/aromatic N) is 1. The summed E-state index contributed by atoms with van der Waals surface area (Å²) in [5.74, 6) is 1.78. The molecular formula is C11H15N3O. The lowest BCUT2D eigenvalue weighted by molar-refractivity contribution is 0.314. The maximum Gasteiger partial charge on any atom is 0.121 e. The second-order valence-corrected chi connectivity index (χ2v) is 3.49. The number of fused-ring (bicyclic) bond motifs is 1. The minimum atomic E-state index is 0.658. The normalized spacial score (nSPS) is 10.8. The number of hydrogen-bond acceptors (Lipinski definition) is 3. The Kier molecular flexibility index (Phi) is 2.87. The van der Waals surface area contributed by atoms with Gasteiger partial charge in [-0.2, -0.15) is 0 Å². The van der Waals surface area contributed by atoms with E-state index in [1.165, 1.54) is 0 Å². The maximum absolute atomic E-state index is 5.54. The number of nitrogens with one attached hydrogen (secondary N) is 1. The highest BCUT2D eigenvalue weighted by Gasteiger charge is 2.00. The minimum Gasteiger partial charge on any atom is -0.493 e. The van der Waals surface area contributed by atoms with Crippen LogP contribution in [0.5, 0.6) is 5.75 Å². The lowest BCUT2D eigenvalue weighted by atomic mass is 10.3. The zero-order valence-electron chi connectivity index (χ0n) is 8.79. The van der Waals surface area contributed by atoms with Crippen molar-refractivity contribution < 1.29 is 4.74 Å². The number of imidazole rings is 1. The number of rotatable bonds is 4. The van der Waals surface area contributed by atoms with Crippen LogP contribution in [0.2, 0.25) is 0 Å². The van der Waals surface area contributed by atoms with Crippen LogP contribution in [0.4, 0.5) is 0 Å². The Hall–Kier alpha value is -1.55. The van der Waals surface area contributed by atoms with Gasteiger partial charge in [0.1, 0.15) is 11.6 Å². The van der Waals surface area contributed by atoms with Gasteiger partial charge in [-0.1, -0.05) is 0 Å². The number of aromatic amines is 1. The third kappa shape index (κ3) is 2.27. The summed E-state index contributed by atoms with van der Waals surface area (Å²) in [6.45, 7) is 3.26. The van der Waals surface area contributed by atoms with Crippen molar-refractivity contribution in [3.63, 3.8) is 0 Å². The van der Waals surface area contributed by atoms with Crippen LogP contribution in [0.3, 0.4) is 0 Å². The fraction of sp³-hybridized carbons (Fsp3) is 0.364. The number of aromatic nitrogens is 2. The van der Waals surface area contributed by atoms with E-state index in [0.717, 1.165) is 29.0 Å². The first-order chi connectivity index (χ1) is 7.29. The molecule has 80 valence electrons. The van der Waals surface area contributed by atoms with E-state index in [9.17, 15) is 0 Å². The standard InChI is InChI=1S/C11H15N3O/c1-8-13-10-4-3-9(7-11(10)14-8)15-6-2-5-12/h3-4,7H,2,5-6,12H2,1H3,(H,13,14). The Bertz CT molecular complexity index is 450. The summed E-state index contributed by atoms with van der Waals surface area (Å²) in [6.07, 6.45) is 0.875. The van der Waals surface area contributed by atoms with Gasteiger partial charge in [-0.3, -0.25) is 0 Å². The van der Waals surface area contributed by atoms with Crippen molar-refractivity contribution in [2.75, 3.05) is 13.2 Å². The third-order valence-corrected chi connectivity index (χ3v) is 2.19. The van der Waals surface area contributed by atoms with Crippen LogP contribution in [0.25, 0.3) is 11.0 Å². The molecule has 4 heteroatoms. The van der Waals surface area contributed by atoms with Gasteiger partial charge in [0.2, 0.25) is 0 Å². The molecule has 0 aliphatic rings. The van der Waals surface area contributed by atoms with Crippen molar-refractivity contribution in [3.8, 4) is 5.75 Å². The quantitative estimate of drug-likeness (QED) is 0.745. The highest BCUT2D eigenvalue weighted by Crippen LogP contribution is 2.18. The summed E-state index contributed by atoms with van der Waals surface area (Å²) in [5.41, 5.74) is 7.37. The van der Waals surface area contributed by atoms with E-state index in [-0.39, 0.29) is 0 Å². The number of H-pyrrole nitrogens is 1. The molecule has 0 unspecified atom stereocenters. The molecule has 4 nitrogen and oxygen atoms in total. The average Bonchev–Trinajstić information content (AvgIpc) is 2.57. The van der Waals surface area contributed by atoms with Crippen LogP contribution >= 0.6 is 0 Å². The van der Waals surface area contributed by atoms with Gasteiger partial charge in [-0.15, -0.1) is 0 Å². The van der Waals surface area contributed by atoms with Crippen molar-refractivity contribution in [3.05, 3.63) is 24.0 Å². The summed E-state index contributed by atoms with van der Waals surface area (Å²) in [5, 5.41) is 0. The minimum absolute atomic E-state index is 0.658. The van der Waals surface area contributed by atoms with Gasteiger partial charge in [-0.05, 0) is 32.0 Å². The van der Waals surface area contributed by atoms with Gasteiger partial charge in [0.15, 0.2) is 0 Å². The smallest absolute Gasteiger partial charge is 0.121 e. The molecule has 1 aromatic heterocycles. The number of aryl methyl sites for hydroxylation is 1.